The zero-order valence-corrected chi connectivity index (χ0v) is 15.6. The number of nitrogen functional groups attached to an aromatic ring is 1. The first-order valence-electron chi connectivity index (χ1n) is 7.90. The van der Waals surface area contributed by atoms with E-state index in [1.807, 2.05) is 24.3 Å². The molecule has 0 radical (unpaired) electrons. The average molecular weight is 399 g/mol. The average Bonchev–Trinajstić information content (AvgIpc) is 3.10. The molecule has 1 amide bonds. The van der Waals surface area contributed by atoms with Crippen molar-refractivity contribution in [2.45, 2.75) is 0 Å². The van der Waals surface area contributed by atoms with Gasteiger partial charge >= 0.3 is 5.97 Å². The third-order valence-electron chi connectivity index (χ3n) is 3.70. The number of halogens is 1. The van der Waals surface area contributed by atoms with Crippen LogP contribution in [0.2, 0.25) is 5.02 Å². The summed E-state index contributed by atoms with van der Waals surface area (Å²) in [6.07, 6.45) is 1.42. The number of hydrogen-bond donors (Lipinski definition) is 3. The number of amides is 1. The van der Waals surface area contributed by atoms with Crippen molar-refractivity contribution in [1.82, 2.24) is 5.32 Å². The molecule has 0 atom stereocenters. The second kappa shape index (κ2) is 8.07. The molecule has 0 saturated heterocycles. The van der Waals surface area contributed by atoms with Gasteiger partial charge in [0.25, 0.3) is 5.91 Å². The van der Waals surface area contributed by atoms with Gasteiger partial charge in [0.1, 0.15) is 5.70 Å². The highest BCUT2D eigenvalue weighted by Gasteiger charge is 2.14. The Balaban J connectivity index is 1.84. The molecule has 0 fully saturated rings. The highest BCUT2D eigenvalue weighted by Crippen LogP contribution is 2.33. The molecular weight excluding hydrogens is 384 g/mol. The van der Waals surface area contributed by atoms with E-state index in [9.17, 15) is 14.7 Å². The van der Waals surface area contributed by atoms with Gasteiger partial charge in [-0.25, -0.2) is 4.79 Å². The van der Waals surface area contributed by atoms with Gasteiger partial charge in [-0.05, 0) is 48.5 Å². The minimum Gasteiger partial charge on any atom is -0.477 e. The number of nitrogens with one attached hydrogen (secondary N) is 1. The van der Waals surface area contributed by atoms with Crippen molar-refractivity contribution in [2.24, 2.45) is 0 Å². The molecule has 0 aliphatic carbocycles. The largest absolute Gasteiger partial charge is 0.477 e. The number of thiophene rings is 1. The highest BCUT2D eigenvalue weighted by molar-refractivity contribution is 7.16. The fourth-order valence-corrected chi connectivity index (χ4v) is 3.64. The lowest BCUT2D eigenvalue weighted by atomic mass is 10.2. The Morgan fingerprint density at radius 3 is 2.41 bits per heavy atom. The standard InChI is InChI=1S/C20H15ClN2O3S/c21-16-4-2-1-3-15(16)18-10-9-14(27-18)11-17(20(25)26)23-19(24)12-5-7-13(22)8-6-12/h1-11H,22H2,(H,23,24)(H,25,26). The number of hydrogen-bond acceptors (Lipinski definition) is 4. The molecule has 0 saturated carbocycles. The molecule has 0 aliphatic rings. The van der Waals surface area contributed by atoms with Crippen molar-refractivity contribution in [1.29, 1.82) is 0 Å². The van der Waals surface area contributed by atoms with Crippen LogP contribution in [0.25, 0.3) is 16.5 Å². The summed E-state index contributed by atoms with van der Waals surface area (Å²) >= 11 is 7.58. The summed E-state index contributed by atoms with van der Waals surface area (Å²) in [5.41, 5.74) is 7.08. The first-order valence-corrected chi connectivity index (χ1v) is 9.10. The lowest BCUT2D eigenvalue weighted by Gasteiger charge is -2.06. The lowest BCUT2D eigenvalue weighted by Crippen LogP contribution is -2.27. The monoisotopic (exact) mass is 398 g/mol. The smallest absolute Gasteiger partial charge is 0.352 e. The van der Waals surface area contributed by atoms with Crippen LogP contribution < -0.4 is 11.1 Å². The summed E-state index contributed by atoms with van der Waals surface area (Å²) < 4.78 is 0. The number of carbonyl (C=O) groups is 2. The van der Waals surface area contributed by atoms with Crippen LogP contribution >= 0.6 is 22.9 Å². The van der Waals surface area contributed by atoms with E-state index in [0.29, 0.717) is 21.2 Å². The van der Waals surface area contributed by atoms with E-state index in [-0.39, 0.29) is 5.70 Å². The molecule has 1 aromatic heterocycles. The number of nitrogens with two attached hydrogens (primary N) is 1. The van der Waals surface area contributed by atoms with Crippen molar-refractivity contribution in [3.8, 4) is 10.4 Å². The molecule has 136 valence electrons. The highest BCUT2D eigenvalue weighted by atomic mass is 35.5. The molecule has 4 N–H and O–H groups in total. The number of benzene rings is 2. The number of anilines is 1. The van der Waals surface area contributed by atoms with Gasteiger partial charge in [-0.2, -0.15) is 0 Å². The van der Waals surface area contributed by atoms with Crippen molar-refractivity contribution >= 4 is 46.6 Å². The van der Waals surface area contributed by atoms with Gasteiger partial charge in [-0.3, -0.25) is 4.79 Å². The molecule has 0 spiro atoms. The fourth-order valence-electron chi connectivity index (χ4n) is 2.36. The predicted octanol–water partition coefficient (Wildman–Crippen LogP) is 4.51. The fraction of sp³-hybridized carbons (Fsp3) is 0. The summed E-state index contributed by atoms with van der Waals surface area (Å²) in [5, 5.41) is 12.5. The molecular formula is C20H15ClN2O3S. The summed E-state index contributed by atoms with van der Waals surface area (Å²) in [5.74, 6) is -1.75. The molecule has 0 bridgehead atoms. The van der Waals surface area contributed by atoms with Crippen molar-refractivity contribution in [3.05, 3.63) is 81.8 Å². The van der Waals surface area contributed by atoms with Crippen LogP contribution in [0.1, 0.15) is 15.2 Å². The lowest BCUT2D eigenvalue weighted by molar-refractivity contribution is -0.132. The second-order valence-electron chi connectivity index (χ2n) is 5.62. The van der Waals surface area contributed by atoms with Gasteiger partial charge in [0.2, 0.25) is 0 Å². The third kappa shape index (κ3) is 4.55. The van der Waals surface area contributed by atoms with E-state index in [1.165, 1.54) is 29.5 Å². The van der Waals surface area contributed by atoms with Crippen LogP contribution in [0.4, 0.5) is 5.69 Å². The second-order valence-corrected chi connectivity index (χ2v) is 7.14. The SMILES string of the molecule is Nc1ccc(C(=O)NC(=Cc2ccc(-c3ccccc3Cl)s2)C(=O)O)cc1. The molecule has 0 unspecified atom stereocenters. The molecule has 2 aromatic carbocycles. The van der Waals surface area contributed by atoms with Gasteiger partial charge in [0.05, 0.1) is 0 Å². The zero-order valence-electron chi connectivity index (χ0n) is 14.0. The molecule has 1 heterocycles. The Labute approximate surface area is 164 Å². The summed E-state index contributed by atoms with van der Waals surface area (Å²) in [4.78, 5) is 25.4. The maximum absolute atomic E-state index is 12.3. The van der Waals surface area contributed by atoms with Crippen LogP contribution in [0.15, 0.2) is 66.4 Å². The first kappa shape index (κ1) is 18.7. The van der Waals surface area contributed by atoms with Crippen LogP contribution in [-0.2, 0) is 4.79 Å². The van der Waals surface area contributed by atoms with E-state index in [0.717, 1.165) is 10.4 Å². The van der Waals surface area contributed by atoms with Crippen molar-refractivity contribution in [3.63, 3.8) is 0 Å². The predicted molar refractivity (Wildman–Crippen MR) is 109 cm³/mol. The number of carbonyl (C=O) groups excluding carboxylic acids is 1. The number of carboxylic acids is 1. The van der Waals surface area contributed by atoms with Gasteiger partial charge in [0.15, 0.2) is 0 Å². The Morgan fingerprint density at radius 1 is 1.04 bits per heavy atom. The van der Waals surface area contributed by atoms with E-state index >= 15 is 0 Å². The summed E-state index contributed by atoms with van der Waals surface area (Å²) in [7, 11) is 0. The summed E-state index contributed by atoms with van der Waals surface area (Å²) in [6, 6.07) is 17.3. The molecule has 0 aliphatic heterocycles. The van der Waals surface area contributed by atoms with Crippen LogP contribution in [0, 0.1) is 0 Å². The maximum atomic E-state index is 12.3. The van der Waals surface area contributed by atoms with Gasteiger partial charge in [-0.1, -0.05) is 29.8 Å². The Morgan fingerprint density at radius 2 is 1.74 bits per heavy atom. The van der Waals surface area contributed by atoms with E-state index in [1.54, 1.807) is 24.3 Å². The van der Waals surface area contributed by atoms with Crippen molar-refractivity contribution in [2.75, 3.05) is 5.73 Å². The minimum atomic E-state index is -1.23. The Kier molecular flexibility index (Phi) is 5.59. The topological polar surface area (TPSA) is 92.4 Å². The number of aliphatic carboxylic acids is 1. The normalized spacial score (nSPS) is 11.2. The quantitative estimate of drug-likeness (QED) is 0.435. The maximum Gasteiger partial charge on any atom is 0.352 e. The van der Waals surface area contributed by atoms with Crippen LogP contribution in [0.5, 0.6) is 0 Å². The first-order chi connectivity index (χ1) is 12.9. The Hall–Kier alpha value is -3.09. The van der Waals surface area contributed by atoms with Gasteiger partial charge in [0, 0.05) is 31.6 Å². The minimum absolute atomic E-state index is 0.218. The van der Waals surface area contributed by atoms with E-state index < -0.39 is 11.9 Å². The number of rotatable bonds is 5. The summed E-state index contributed by atoms with van der Waals surface area (Å²) in [6.45, 7) is 0. The van der Waals surface area contributed by atoms with E-state index in [4.69, 9.17) is 17.3 Å². The molecule has 27 heavy (non-hydrogen) atoms. The third-order valence-corrected chi connectivity index (χ3v) is 5.10. The van der Waals surface area contributed by atoms with Crippen LogP contribution in [-0.4, -0.2) is 17.0 Å². The molecule has 7 heteroatoms. The van der Waals surface area contributed by atoms with Crippen LogP contribution in [0.3, 0.4) is 0 Å². The van der Waals surface area contributed by atoms with Crippen molar-refractivity contribution < 1.29 is 14.7 Å². The Bertz CT molecular complexity index is 1030. The zero-order chi connectivity index (χ0) is 19.4. The molecule has 5 nitrogen and oxygen atoms in total. The molecule has 3 aromatic rings. The van der Waals surface area contributed by atoms with E-state index in [2.05, 4.69) is 5.32 Å². The van der Waals surface area contributed by atoms with Gasteiger partial charge < -0.3 is 16.2 Å². The van der Waals surface area contributed by atoms with Gasteiger partial charge in [-0.15, -0.1) is 11.3 Å². The molecule has 3 rings (SSSR count). The number of carboxylic acid groups (broad SMARTS) is 1.